The summed E-state index contributed by atoms with van der Waals surface area (Å²) in [5.74, 6) is 0.385. The average molecular weight is 244 g/mol. The van der Waals surface area contributed by atoms with E-state index in [4.69, 9.17) is 21.4 Å². The van der Waals surface area contributed by atoms with E-state index < -0.39 is 0 Å². The third kappa shape index (κ3) is 2.46. The van der Waals surface area contributed by atoms with Crippen LogP contribution in [-0.4, -0.2) is 25.2 Å². The summed E-state index contributed by atoms with van der Waals surface area (Å²) in [5.41, 5.74) is 1.15. The van der Waals surface area contributed by atoms with Crippen LogP contribution in [0.15, 0.2) is 12.1 Å². The molecule has 1 aromatic rings. The van der Waals surface area contributed by atoms with E-state index in [9.17, 15) is 4.79 Å². The molecule has 0 spiro atoms. The van der Waals surface area contributed by atoms with Crippen molar-refractivity contribution in [2.45, 2.75) is 13.5 Å². The zero-order chi connectivity index (χ0) is 12.3. The number of ether oxygens (including phenoxy) is 1. The van der Waals surface area contributed by atoms with Crippen LogP contribution in [0.4, 0.5) is 5.69 Å². The third-order valence-corrected chi connectivity index (χ3v) is 2.66. The summed E-state index contributed by atoms with van der Waals surface area (Å²) in [5, 5.41) is 9.50. The molecule has 0 heterocycles. The van der Waals surface area contributed by atoms with Gasteiger partial charge in [0.25, 0.3) is 0 Å². The van der Waals surface area contributed by atoms with Crippen molar-refractivity contribution in [2.75, 3.05) is 19.1 Å². The van der Waals surface area contributed by atoms with Gasteiger partial charge in [0.1, 0.15) is 5.75 Å². The highest BCUT2D eigenvalue weighted by Crippen LogP contribution is 2.33. The number of nitrogens with zero attached hydrogens (tertiary/aromatic N) is 1. The summed E-state index contributed by atoms with van der Waals surface area (Å²) in [6.07, 6.45) is 0. The number of carbonyl (C=O) groups is 1. The molecule has 0 saturated carbocycles. The minimum atomic E-state index is -0.160. The maximum Gasteiger partial charge on any atom is 0.223 e. The smallest absolute Gasteiger partial charge is 0.223 e. The van der Waals surface area contributed by atoms with Gasteiger partial charge in [-0.05, 0) is 6.07 Å². The number of hydrogen-bond acceptors (Lipinski definition) is 3. The predicted molar refractivity (Wildman–Crippen MR) is 63.0 cm³/mol. The van der Waals surface area contributed by atoms with Crippen LogP contribution in [0.2, 0.25) is 5.02 Å². The van der Waals surface area contributed by atoms with Gasteiger partial charge in [-0.1, -0.05) is 11.6 Å². The van der Waals surface area contributed by atoms with E-state index in [1.54, 1.807) is 19.2 Å². The van der Waals surface area contributed by atoms with E-state index in [2.05, 4.69) is 0 Å². The number of aliphatic hydroxyl groups excluding tert-OH is 1. The van der Waals surface area contributed by atoms with Gasteiger partial charge in [0, 0.05) is 25.6 Å². The summed E-state index contributed by atoms with van der Waals surface area (Å²) >= 11 is 6.02. The Balaban J connectivity index is 3.26. The van der Waals surface area contributed by atoms with Crippen molar-refractivity contribution in [1.29, 1.82) is 0 Å². The Hall–Kier alpha value is -1.26. The Morgan fingerprint density at radius 1 is 1.56 bits per heavy atom. The highest BCUT2D eigenvalue weighted by Gasteiger charge is 2.14. The number of carbonyl (C=O) groups excluding carboxylic acids is 1. The van der Waals surface area contributed by atoms with E-state index in [0.717, 1.165) is 0 Å². The lowest BCUT2D eigenvalue weighted by Crippen LogP contribution is -2.23. The molecule has 0 atom stereocenters. The number of aliphatic hydroxyl groups is 1. The van der Waals surface area contributed by atoms with Gasteiger partial charge in [0.05, 0.1) is 24.4 Å². The van der Waals surface area contributed by atoms with Gasteiger partial charge in [-0.3, -0.25) is 4.79 Å². The first-order valence-corrected chi connectivity index (χ1v) is 5.10. The van der Waals surface area contributed by atoms with Crippen LogP contribution in [0.3, 0.4) is 0 Å². The van der Waals surface area contributed by atoms with Gasteiger partial charge in [0.15, 0.2) is 0 Å². The summed E-state index contributed by atoms with van der Waals surface area (Å²) in [6.45, 7) is 1.29. The normalized spacial score (nSPS) is 10.1. The van der Waals surface area contributed by atoms with Crippen molar-refractivity contribution in [2.24, 2.45) is 0 Å². The predicted octanol–water partition coefficient (Wildman–Crippen LogP) is 1.82. The summed E-state index contributed by atoms with van der Waals surface area (Å²) in [4.78, 5) is 12.7. The Morgan fingerprint density at radius 3 is 2.62 bits per heavy atom. The highest BCUT2D eigenvalue weighted by molar-refractivity contribution is 6.34. The molecular weight excluding hydrogens is 230 g/mol. The summed E-state index contributed by atoms with van der Waals surface area (Å²) < 4.78 is 5.11. The summed E-state index contributed by atoms with van der Waals surface area (Å²) in [7, 11) is 3.13. The number of rotatable bonds is 3. The molecule has 1 amide bonds. The second-order valence-electron chi connectivity index (χ2n) is 3.35. The Labute approximate surface area is 99.4 Å². The molecular formula is C11H14ClNO3. The average Bonchev–Trinajstić information content (AvgIpc) is 2.27. The number of benzene rings is 1. The topological polar surface area (TPSA) is 49.8 Å². The quantitative estimate of drug-likeness (QED) is 0.881. The fourth-order valence-electron chi connectivity index (χ4n) is 1.32. The summed E-state index contributed by atoms with van der Waals surface area (Å²) in [6, 6.07) is 3.23. The van der Waals surface area contributed by atoms with Crippen LogP contribution in [-0.2, 0) is 11.4 Å². The van der Waals surface area contributed by atoms with Crippen molar-refractivity contribution < 1.29 is 14.6 Å². The molecule has 0 bridgehead atoms. The molecule has 0 fully saturated rings. The molecule has 88 valence electrons. The largest absolute Gasteiger partial charge is 0.496 e. The second-order valence-corrected chi connectivity index (χ2v) is 3.76. The van der Waals surface area contributed by atoms with E-state index in [-0.39, 0.29) is 12.5 Å². The molecule has 0 aliphatic carbocycles. The van der Waals surface area contributed by atoms with Crippen LogP contribution in [0.5, 0.6) is 5.75 Å². The van der Waals surface area contributed by atoms with Crippen molar-refractivity contribution in [3.63, 3.8) is 0 Å². The lowest BCUT2D eigenvalue weighted by atomic mass is 10.1. The van der Waals surface area contributed by atoms with Crippen molar-refractivity contribution in [3.8, 4) is 5.75 Å². The van der Waals surface area contributed by atoms with Crippen LogP contribution in [0.25, 0.3) is 0 Å². The van der Waals surface area contributed by atoms with E-state index in [1.807, 2.05) is 0 Å². The molecule has 0 aromatic heterocycles. The van der Waals surface area contributed by atoms with Gasteiger partial charge >= 0.3 is 0 Å². The lowest BCUT2D eigenvalue weighted by Gasteiger charge is -2.18. The SMILES string of the molecule is COc1cc(N(C)C(C)=O)c(Cl)cc1CO. The Kier molecular flexibility index (Phi) is 4.15. The Morgan fingerprint density at radius 2 is 2.19 bits per heavy atom. The first-order valence-electron chi connectivity index (χ1n) is 4.72. The molecule has 1 aromatic carbocycles. The maximum absolute atomic E-state index is 11.2. The monoisotopic (exact) mass is 243 g/mol. The number of hydrogen-bond donors (Lipinski definition) is 1. The van der Waals surface area contributed by atoms with Gasteiger partial charge in [-0.15, -0.1) is 0 Å². The van der Waals surface area contributed by atoms with Crippen molar-refractivity contribution in [3.05, 3.63) is 22.7 Å². The molecule has 0 radical (unpaired) electrons. The molecule has 1 rings (SSSR count). The van der Waals surface area contributed by atoms with Gasteiger partial charge in [-0.2, -0.15) is 0 Å². The van der Waals surface area contributed by atoms with E-state index >= 15 is 0 Å². The van der Waals surface area contributed by atoms with Crippen LogP contribution in [0.1, 0.15) is 12.5 Å². The zero-order valence-corrected chi connectivity index (χ0v) is 10.2. The van der Waals surface area contributed by atoms with Crippen LogP contribution >= 0.6 is 11.6 Å². The lowest BCUT2D eigenvalue weighted by molar-refractivity contribution is -0.116. The molecule has 5 heteroatoms. The van der Waals surface area contributed by atoms with Gasteiger partial charge in [0.2, 0.25) is 5.91 Å². The third-order valence-electron chi connectivity index (χ3n) is 2.35. The molecule has 0 unspecified atom stereocenters. The van der Waals surface area contributed by atoms with Gasteiger partial charge in [-0.25, -0.2) is 0 Å². The van der Waals surface area contributed by atoms with Crippen molar-refractivity contribution in [1.82, 2.24) is 0 Å². The Bertz CT molecular complexity index is 406. The zero-order valence-electron chi connectivity index (χ0n) is 9.45. The number of anilines is 1. The number of methoxy groups -OCH3 is 1. The van der Waals surface area contributed by atoms with Gasteiger partial charge < -0.3 is 14.7 Å². The van der Waals surface area contributed by atoms with E-state index in [1.165, 1.54) is 18.9 Å². The van der Waals surface area contributed by atoms with Crippen molar-refractivity contribution >= 4 is 23.2 Å². The molecule has 0 aliphatic heterocycles. The van der Waals surface area contributed by atoms with E-state index in [0.29, 0.717) is 22.0 Å². The fraction of sp³-hybridized carbons (Fsp3) is 0.364. The first kappa shape index (κ1) is 12.8. The number of amides is 1. The molecule has 4 nitrogen and oxygen atoms in total. The standard InChI is InChI=1S/C11H14ClNO3/c1-7(15)13(2)10-5-11(16-3)8(6-14)4-9(10)12/h4-5,14H,6H2,1-3H3. The maximum atomic E-state index is 11.2. The highest BCUT2D eigenvalue weighted by atomic mass is 35.5. The molecule has 0 saturated heterocycles. The minimum Gasteiger partial charge on any atom is -0.496 e. The molecule has 0 aliphatic rings. The minimum absolute atomic E-state index is 0.124. The molecule has 1 N–H and O–H groups in total. The fourth-order valence-corrected chi connectivity index (χ4v) is 1.64. The van der Waals surface area contributed by atoms with Crippen LogP contribution in [0, 0.1) is 0 Å². The van der Waals surface area contributed by atoms with Crippen LogP contribution < -0.4 is 9.64 Å². The second kappa shape index (κ2) is 5.18. The first-order chi connectivity index (χ1) is 7.51. The molecule has 16 heavy (non-hydrogen) atoms. The number of halogens is 1.